The molecular formula is C11H14N2O2. The zero-order valence-corrected chi connectivity index (χ0v) is 8.91. The van der Waals surface area contributed by atoms with E-state index >= 15 is 0 Å². The third-order valence-electron chi connectivity index (χ3n) is 2.94. The van der Waals surface area contributed by atoms with E-state index in [-0.39, 0.29) is 16.1 Å². The smallest absolute Gasteiger partial charge is 0.274 e. The highest BCUT2D eigenvalue weighted by Crippen LogP contribution is 2.39. The Hall–Kier alpha value is -1.58. The lowest BCUT2D eigenvalue weighted by molar-refractivity contribution is -0.385. The zero-order valence-electron chi connectivity index (χ0n) is 8.91. The summed E-state index contributed by atoms with van der Waals surface area (Å²) >= 11 is 0. The molecule has 4 heteroatoms. The molecule has 1 aromatic rings. The fourth-order valence-corrected chi connectivity index (χ4v) is 1.59. The van der Waals surface area contributed by atoms with Gasteiger partial charge >= 0.3 is 0 Å². The summed E-state index contributed by atoms with van der Waals surface area (Å²) in [4.78, 5) is 10.4. The van der Waals surface area contributed by atoms with Gasteiger partial charge in [-0.25, -0.2) is 0 Å². The molecule has 0 aromatic heterocycles. The van der Waals surface area contributed by atoms with Gasteiger partial charge in [-0.2, -0.15) is 0 Å². The molecule has 2 rings (SSSR count). The van der Waals surface area contributed by atoms with E-state index in [1.165, 1.54) is 6.07 Å². The van der Waals surface area contributed by atoms with Crippen molar-refractivity contribution in [3.8, 4) is 0 Å². The van der Waals surface area contributed by atoms with Crippen LogP contribution in [0.2, 0.25) is 0 Å². The fraction of sp³-hybridized carbons (Fsp3) is 0.455. The molecule has 1 N–H and O–H groups in total. The maximum atomic E-state index is 10.7. The van der Waals surface area contributed by atoms with Crippen molar-refractivity contribution in [1.82, 2.24) is 0 Å². The van der Waals surface area contributed by atoms with Crippen LogP contribution in [-0.2, 0) is 0 Å². The van der Waals surface area contributed by atoms with Crippen LogP contribution >= 0.6 is 0 Å². The number of nitro groups is 1. The third-order valence-corrected chi connectivity index (χ3v) is 2.94. The van der Waals surface area contributed by atoms with Crippen molar-refractivity contribution >= 4 is 11.4 Å². The molecule has 1 aromatic carbocycles. The van der Waals surface area contributed by atoms with Crippen LogP contribution in [0.25, 0.3) is 0 Å². The molecule has 0 saturated heterocycles. The monoisotopic (exact) mass is 206 g/mol. The summed E-state index contributed by atoms with van der Waals surface area (Å²) in [5.74, 6) is 0. The second kappa shape index (κ2) is 3.22. The molecule has 1 aliphatic carbocycles. The Morgan fingerprint density at radius 3 is 2.67 bits per heavy atom. The number of rotatable bonds is 3. The summed E-state index contributed by atoms with van der Waals surface area (Å²) in [7, 11) is 0. The van der Waals surface area contributed by atoms with Crippen LogP contribution in [0, 0.1) is 17.0 Å². The maximum Gasteiger partial charge on any atom is 0.274 e. The fourth-order valence-electron chi connectivity index (χ4n) is 1.59. The number of nitrogens with one attached hydrogen (secondary N) is 1. The Bertz CT molecular complexity index is 411. The Morgan fingerprint density at radius 1 is 1.47 bits per heavy atom. The third kappa shape index (κ3) is 1.93. The Labute approximate surface area is 88.5 Å². The molecule has 15 heavy (non-hydrogen) atoms. The van der Waals surface area contributed by atoms with Gasteiger partial charge in [0.15, 0.2) is 0 Å². The van der Waals surface area contributed by atoms with Crippen LogP contribution in [0.5, 0.6) is 0 Å². The van der Waals surface area contributed by atoms with Crippen LogP contribution in [0.1, 0.15) is 25.3 Å². The van der Waals surface area contributed by atoms with Gasteiger partial charge < -0.3 is 5.32 Å². The van der Waals surface area contributed by atoms with Gasteiger partial charge in [0, 0.05) is 22.9 Å². The molecule has 0 radical (unpaired) electrons. The summed E-state index contributed by atoms with van der Waals surface area (Å²) in [6.07, 6.45) is 2.27. The lowest BCUT2D eigenvalue weighted by atomic mass is 10.1. The number of hydrogen-bond acceptors (Lipinski definition) is 3. The van der Waals surface area contributed by atoms with Gasteiger partial charge in [-0.3, -0.25) is 10.1 Å². The van der Waals surface area contributed by atoms with Gasteiger partial charge in [0.25, 0.3) is 5.69 Å². The van der Waals surface area contributed by atoms with E-state index in [1.807, 2.05) is 6.07 Å². The highest BCUT2D eigenvalue weighted by molar-refractivity contribution is 5.61. The van der Waals surface area contributed by atoms with Crippen molar-refractivity contribution in [2.24, 2.45) is 0 Å². The van der Waals surface area contributed by atoms with Crippen molar-refractivity contribution in [1.29, 1.82) is 0 Å². The first-order chi connectivity index (χ1) is 7.02. The van der Waals surface area contributed by atoms with Gasteiger partial charge in [-0.1, -0.05) is 6.07 Å². The molecule has 80 valence electrons. The molecule has 1 saturated carbocycles. The van der Waals surface area contributed by atoms with E-state index in [2.05, 4.69) is 12.2 Å². The van der Waals surface area contributed by atoms with Crippen molar-refractivity contribution < 1.29 is 4.92 Å². The highest BCUT2D eigenvalue weighted by Gasteiger charge is 2.37. The first kappa shape index (κ1) is 9.96. The average molecular weight is 206 g/mol. The molecule has 1 aliphatic rings. The standard InChI is InChI=1S/C11H14N2O2/c1-8-9(12-11(2)6-7-11)4-3-5-10(8)13(14)15/h3-5,12H,6-7H2,1-2H3. The molecular weight excluding hydrogens is 192 g/mol. The maximum absolute atomic E-state index is 10.7. The second-order valence-electron chi connectivity index (χ2n) is 4.39. The van der Waals surface area contributed by atoms with Crippen molar-refractivity contribution in [2.75, 3.05) is 5.32 Å². The lowest BCUT2D eigenvalue weighted by Gasteiger charge is -2.15. The number of hydrogen-bond donors (Lipinski definition) is 1. The number of benzene rings is 1. The van der Waals surface area contributed by atoms with Gasteiger partial charge in [0.2, 0.25) is 0 Å². The second-order valence-corrected chi connectivity index (χ2v) is 4.39. The Balaban J connectivity index is 2.31. The first-order valence-corrected chi connectivity index (χ1v) is 5.04. The van der Waals surface area contributed by atoms with E-state index in [0.29, 0.717) is 0 Å². The first-order valence-electron chi connectivity index (χ1n) is 5.04. The number of nitro benzene ring substituents is 1. The zero-order chi connectivity index (χ0) is 11.1. The minimum atomic E-state index is -0.338. The summed E-state index contributed by atoms with van der Waals surface area (Å²) in [5.41, 5.74) is 1.93. The number of nitrogens with zero attached hydrogens (tertiary/aromatic N) is 1. The highest BCUT2D eigenvalue weighted by atomic mass is 16.6. The molecule has 0 aliphatic heterocycles. The molecule has 0 atom stereocenters. The van der Waals surface area contributed by atoms with E-state index in [1.54, 1.807) is 13.0 Å². The predicted octanol–water partition coefficient (Wildman–Crippen LogP) is 2.87. The largest absolute Gasteiger partial charge is 0.379 e. The molecule has 0 amide bonds. The summed E-state index contributed by atoms with van der Waals surface area (Å²) < 4.78 is 0. The molecule has 0 unspecified atom stereocenters. The quantitative estimate of drug-likeness (QED) is 0.611. The lowest BCUT2D eigenvalue weighted by Crippen LogP contribution is -2.16. The number of anilines is 1. The van der Waals surface area contributed by atoms with Crippen molar-refractivity contribution in [3.63, 3.8) is 0 Å². The molecule has 1 fully saturated rings. The van der Waals surface area contributed by atoms with Gasteiger partial charge in [0.05, 0.1) is 4.92 Å². The van der Waals surface area contributed by atoms with E-state index in [9.17, 15) is 10.1 Å². The Morgan fingerprint density at radius 2 is 2.13 bits per heavy atom. The Kier molecular flexibility index (Phi) is 2.14. The molecule has 0 heterocycles. The molecule has 0 spiro atoms. The summed E-state index contributed by atoms with van der Waals surface area (Å²) in [6, 6.07) is 5.15. The van der Waals surface area contributed by atoms with Gasteiger partial charge in [-0.05, 0) is 32.8 Å². The van der Waals surface area contributed by atoms with Crippen LogP contribution in [0.4, 0.5) is 11.4 Å². The van der Waals surface area contributed by atoms with E-state index in [4.69, 9.17) is 0 Å². The van der Waals surface area contributed by atoms with Gasteiger partial charge in [-0.15, -0.1) is 0 Å². The predicted molar refractivity (Wildman–Crippen MR) is 59.1 cm³/mol. The topological polar surface area (TPSA) is 55.2 Å². The minimum Gasteiger partial charge on any atom is -0.379 e. The average Bonchev–Trinajstić information content (AvgIpc) is 2.87. The van der Waals surface area contributed by atoms with Crippen LogP contribution in [0.15, 0.2) is 18.2 Å². The van der Waals surface area contributed by atoms with Gasteiger partial charge in [0.1, 0.15) is 0 Å². The van der Waals surface area contributed by atoms with E-state index < -0.39 is 0 Å². The minimum absolute atomic E-state index is 0.153. The summed E-state index contributed by atoms with van der Waals surface area (Å²) in [5, 5.41) is 14.1. The van der Waals surface area contributed by atoms with Crippen LogP contribution < -0.4 is 5.32 Å². The van der Waals surface area contributed by atoms with E-state index in [0.717, 1.165) is 24.1 Å². The summed E-state index contributed by atoms with van der Waals surface area (Å²) in [6.45, 7) is 3.91. The van der Waals surface area contributed by atoms with Crippen LogP contribution in [-0.4, -0.2) is 10.5 Å². The normalized spacial score (nSPS) is 17.2. The van der Waals surface area contributed by atoms with Crippen molar-refractivity contribution in [3.05, 3.63) is 33.9 Å². The molecule has 0 bridgehead atoms. The molecule has 4 nitrogen and oxygen atoms in total. The van der Waals surface area contributed by atoms with Crippen molar-refractivity contribution in [2.45, 2.75) is 32.2 Å². The van der Waals surface area contributed by atoms with Crippen LogP contribution in [0.3, 0.4) is 0 Å². The SMILES string of the molecule is Cc1c(NC2(C)CC2)cccc1[N+](=O)[O-].